The van der Waals surface area contributed by atoms with Gasteiger partial charge in [0.15, 0.2) is 0 Å². The molecule has 2 amide bonds. The Kier molecular flexibility index (Phi) is 3.27. The van der Waals surface area contributed by atoms with Crippen LogP contribution in [0.15, 0.2) is 12.7 Å². The topological polar surface area (TPSA) is 49.4 Å². The Bertz CT molecular complexity index is 310. The Morgan fingerprint density at radius 1 is 1.56 bits per heavy atom. The lowest BCUT2D eigenvalue weighted by Gasteiger charge is -2.34. The molecule has 1 saturated heterocycles. The molecule has 0 bridgehead atoms. The molecule has 2 aliphatic rings. The van der Waals surface area contributed by atoms with Crippen molar-refractivity contribution in [3.05, 3.63) is 12.7 Å². The lowest BCUT2D eigenvalue weighted by Crippen LogP contribution is -2.42. The number of likely N-dealkylation sites (tertiary alicyclic amines) is 1. The van der Waals surface area contributed by atoms with Crippen LogP contribution in [0, 0.1) is 5.92 Å². The fourth-order valence-corrected chi connectivity index (χ4v) is 2.28. The smallest absolute Gasteiger partial charge is 0.225 e. The second-order valence-corrected chi connectivity index (χ2v) is 4.57. The number of nitrogens with one attached hydrogen (secondary N) is 1. The van der Waals surface area contributed by atoms with Crippen molar-refractivity contribution in [3.63, 3.8) is 0 Å². The lowest BCUT2D eigenvalue weighted by atomic mass is 9.92. The zero-order chi connectivity index (χ0) is 11.5. The summed E-state index contributed by atoms with van der Waals surface area (Å²) in [6.07, 6.45) is 5.44. The van der Waals surface area contributed by atoms with Gasteiger partial charge in [-0.15, -0.1) is 6.58 Å². The van der Waals surface area contributed by atoms with Crippen LogP contribution >= 0.6 is 0 Å². The number of hydrogen-bond acceptors (Lipinski definition) is 2. The third-order valence-electron chi connectivity index (χ3n) is 3.47. The summed E-state index contributed by atoms with van der Waals surface area (Å²) in [5.74, 6) is -0.0356. The highest BCUT2D eigenvalue weighted by Gasteiger charge is 2.39. The molecular formula is C12H18N2O2. The van der Waals surface area contributed by atoms with Crippen molar-refractivity contribution in [3.8, 4) is 0 Å². The first-order valence-electron chi connectivity index (χ1n) is 5.90. The Labute approximate surface area is 95.7 Å². The minimum atomic E-state index is -0.159. The number of nitrogens with zero attached hydrogens (tertiary/aromatic N) is 1. The van der Waals surface area contributed by atoms with E-state index in [-0.39, 0.29) is 17.7 Å². The quantitative estimate of drug-likeness (QED) is 0.711. The number of carbonyl (C=O) groups excluding carboxylic acids is 2. The first-order chi connectivity index (χ1) is 7.72. The molecule has 4 nitrogen and oxygen atoms in total. The van der Waals surface area contributed by atoms with Gasteiger partial charge in [-0.3, -0.25) is 9.59 Å². The molecule has 1 heterocycles. The van der Waals surface area contributed by atoms with Gasteiger partial charge in [0.05, 0.1) is 5.92 Å². The monoisotopic (exact) mass is 222 g/mol. The van der Waals surface area contributed by atoms with E-state index in [2.05, 4.69) is 11.9 Å². The number of hydrogen-bond donors (Lipinski definition) is 1. The summed E-state index contributed by atoms with van der Waals surface area (Å²) in [5, 5.41) is 2.75. The van der Waals surface area contributed by atoms with Crippen LogP contribution in [0.25, 0.3) is 0 Å². The van der Waals surface area contributed by atoms with E-state index in [0.717, 1.165) is 12.8 Å². The molecule has 2 rings (SSSR count). The summed E-state index contributed by atoms with van der Waals surface area (Å²) in [5.41, 5.74) is 0. The molecule has 0 radical (unpaired) electrons. The zero-order valence-corrected chi connectivity index (χ0v) is 9.45. The molecule has 1 atom stereocenters. The van der Waals surface area contributed by atoms with E-state index in [0.29, 0.717) is 25.6 Å². The van der Waals surface area contributed by atoms with Gasteiger partial charge >= 0.3 is 0 Å². The fourth-order valence-electron chi connectivity index (χ4n) is 2.28. The molecule has 16 heavy (non-hydrogen) atoms. The third-order valence-corrected chi connectivity index (χ3v) is 3.47. The molecule has 4 heteroatoms. The van der Waals surface area contributed by atoms with E-state index in [4.69, 9.17) is 0 Å². The SMILES string of the molecule is C=CCNC(=O)C1CC(=O)N(C2CCC2)C1. The largest absolute Gasteiger partial charge is 0.352 e. The summed E-state index contributed by atoms with van der Waals surface area (Å²) in [7, 11) is 0. The van der Waals surface area contributed by atoms with Crippen LogP contribution in [0.4, 0.5) is 0 Å². The van der Waals surface area contributed by atoms with Gasteiger partial charge in [-0.2, -0.15) is 0 Å². The van der Waals surface area contributed by atoms with E-state index in [1.54, 1.807) is 6.08 Å². The van der Waals surface area contributed by atoms with E-state index < -0.39 is 0 Å². The highest BCUT2D eigenvalue weighted by molar-refractivity contribution is 5.89. The molecule has 0 aromatic heterocycles. The minimum Gasteiger partial charge on any atom is -0.352 e. The van der Waals surface area contributed by atoms with Crippen LogP contribution in [0.1, 0.15) is 25.7 Å². The van der Waals surface area contributed by atoms with E-state index in [1.807, 2.05) is 4.90 Å². The summed E-state index contributed by atoms with van der Waals surface area (Å²) in [4.78, 5) is 25.3. The Morgan fingerprint density at radius 2 is 2.31 bits per heavy atom. The van der Waals surface area contributed by atoms with Crippen molar-refractivity contribution in [2.75, 3.05) is 13.1 Å². The number of carbonyl (C=O) groups is 2. The van der Waals surface area contributed by atoms with Gasteiger partial charge in [-0.1, -0.05) is 6.08 Å². The second-order valence-electron chi connectivity index (χ2n) is 4.57. The standard InChI is InChI=1S/C12H18N2O2/c1-2-6-13-12(16)9-7-11(15)14(8-9)10-4-3-5-10/h2,9-10H,1,3-8H2,(H,13,16). The molecule has 2 fully saturated rings. The Balaban J connectivity index is 1.87. The number of rotatable bonds is 4. The molecule has 0 aromatic carbocycles. The van der Waals surface area contributed by atoms with Crippen molar-refractivity contribution < 1.29 is 9.59 Å². The fraction of sp³-hybridized carbons (Fsp3) is 0.667. The molecule has 0 aromatic rings. The van der Waals surface area contributed by atoms with Gasteiger partial charge in [-0.25, -0.2) is 0 Å². The first kappa shape index (κ1) is 11.2. The summed E-state index contributed by atoms with van der Waals surface area (Å²) in [6.45, 7) is 4.63. The van der Waals surface area contributed by atoms with E-state index >= 15 is 0 Å². The van der Waals surface area contributed by atoms with Gasteiger partial charge in [-0.05, 0) is 19.3 Å². The molecule has 0 spiro atoms. The normalized spacial score (nSPS) is 25.4. The van der Waals surface area contributed by atoms with E-state index in [9.17, 15) is 9.59 Å². The Hall–Kier alpha value is -1.32. The minimum absolute atomic E-state index is 0.0185. The zero-order valence-electron chi connectivity index (χ0n) is 9.45. The molecule has 1 N–H and O–H groups in total. The molecule has 1 aliphatic carbocycles. The van der Waals surface area contributed by atoms with Gasteiger partial charge < -0.3 is 10.2 Å². The van der Waals surface area contributed by atoms with Gasteiger partial charge in [0, 0.05) is 25.6 Å². The summed E-state index contributed by atoms with van der Waals surface area (Å²) in [6, 6.07) is 0.407. The van der Waals surface area contributed by atoms with Crippen molar-refractivity contribution in [1.29, 1.82) is 0 Å². The van der Waals surface area contributed by atoms with Crippen LogP contribution < -0.4 is 5.32 Å². The maximum Gasteiger partial charge on any atom is 0.225 e. The lowest BCUT2D eigenvalue weighted by molar-refractivity contribution is -0.131. The van der Waals surface area contributed by atoms with Crippen molar-refractivity contribution in [1.82, 2.24) is 10.2 Å². The van der Waals surface area contributed by atoms with Gasteiger partial charge in [0.2, 0.25) is 11.8 Å². The first-order valence-corrected chi connectivity index (χ1v) is 5.90. The average molecular weight is 222 g/mol. The summed E-state index contributed by atoms with van der Waals surface area (Å²) >= 11 is 0. The highest BCUT2D eigenvalue weighted by atomic mass is 16.2. The molecule has 1 saturated carbocycles. The van der Waals surface area contributed by atoms with Crippen LogP contribution in [-0.2, 0) is 9.59 Å². The maximum atomic E-state index is 11.7. The van der Waals surface area contributed by atoms with Crippen LogP contribution in [-0.4, -0.2) is 35.8 Å². The van der Waals surface area contributed by atoms with Crippen molar-refractivity contribution >= 4 is 11.8 Å². The predicted molar refractivity (Wildman–Crippen MR) is 60.7 cm³/mol. The van der Waals surface area contributed by atoms with Gasteiger partial charge in [0.25, 0.3) is 0 Å². The molecular weight excluding hydrogens is 204 g/mol. The molecule has 88 valence electrons. The maximum absolute atomic E-state index is 11.7. The molecule has 1 aliphatic heterocycles. The van der Waals surface area contributed by atoms with Crippen LogP contribution in [0.3, 0.4) is 0 Å². The predicted octanol–water partition coefficient (Wildman–Crippen LogP) is 0.690. The van der Waals surface area contributed by atoms with Crippen molar-refractivity contribution in [2.24, 2.45) is 5.92 Å². The van der Waals surface area contributed by atoms with Crippen molar-refractivity contribution in [2.45, 2.75) is 31.7 Å². The van der Waals surface area contributed by atoms with Crippen LogP contribution in [0.2, 0.25) is 0 Å². The summed E-state index contributed by atoms with van der Waals surface area (Å²) < 4.78 is 0. The number of amides is 2. The second kappa shape index (κ2) is 4.68. The Morgan fingerprint density at radius 3 is 2.88 bits per heavy atom. The third kappa shape index (κ3) is 2.10. The van der Waals surface area contributed by atoms with E-state index in [1.165, 1.54) is 6.42 Å². The van der Waals surface area contributed by atoms with Gasteiger partial charge in [0.1, 0.15) is 0 Å². The highest BCUT2D eigenvalue weighted by Crippen LogP contribution is 2.30. The average Bonchev–Trinajstić information content (AvgIpc) is 2.55. The molecule has 1 unspecified atom stereocenters. The van der Waals surface area contributed by atoms with Crippen LogP contribution in [0.5, 0.6) is 0 Å².